The molecule has 140 valence electrons. The van der Waals surface area contributed by atoms with Crippen molar-refractivity contribution in [3.63, 3.8) is 0 Å². The van der Waals surface area contributed by atoms with E-state index in [4.69, 9.17) is 0 Å². The Morgan fingerprint density at radius 1 is 0.769 bits per heavy atom. The zero-order valence-electron chi connectivity index (χ0n) is 16.0. The van der Waals surface area contributed by atoms with Crippen LogP contribution in [0.1, 0.15) is 68.2 Å². The van der Waals surface area contributed by atoms with Crippen molar-refractivity contribution in [2.75, 3.05) is 0 Å². The van der Waals surface area contributed by atoms with E-state index in [2.05, 4.69) is 43.3 Å². The Bertz CT molecular complexity index is 676. The molecule has 0 aliphatic heterocycles. The van der Waals surface area contributed by atoms with E-state index in [0.717, 1.165) is 44.1 Å². The molecular weight excluding hydrogens is 326 g/mol. The van der Waals surface area contributed by atoms with Crippen molar-refractivity contribution >= 4 is 6.08 Å². The van der Waals surface area contributed by atoms with Crippen LogP contribution in [-0.2, 0) is 19.3 Å². The maximum Gasteiger partial charge on any atom is 0.129 e. The average Bonchev–Trinajstić information content (AvgIpc) is 2.63. The lowest BCUT2D eigenvalue weighted by atomic mass is 10.0. The van der Waals surface area contributed by atoms with Gasteiger partial charge >= 0.3 is 0 Å². The molecule has 0 radical (unpaired) electrons. The molecule has 0 saturated heterocycles. The van der Waals surface area contributed by atoms with E-state index in [-0.39, 0.29) is 5.56 Å². The topological polar surface area (TPSA) is 0 Å². The number of aryl methyl sites for hydroxylation is 2. The van der Waals surface area contributed by atoms with Crippen molar-refractivity contribution in [1.29, 1.82) is 0 Å². The first kappa shape index (κ1) is 20.4. The van der Waals surface area contributed by atoms with E-state index in [0.29, 0.717) is 6.42 Å². The van der Waals surface area contributed by atoms with E-state index in [1.54, 1.807) is 0 Å². The number of hydrogen-bond donors (Lipinski definition) is 0. The van der Waals surface area contributed by atoms with Gasteiger partial charge in [-0.3, -0.25) is 0 Å². The molecule has 0 aromatic heterocycles. The Labute approximate surface area is 157 Å². The Morgan fingerprint density at radius 3 is 1.96 bits per heavy atom. The van der Waals surface area contributed by atoms with Gasteiger partial charge in [-0.25, -0.2) is 8.78 Å². The first-order chi connectivity index (χ1) is 12.6. The summed E-state index contributed by atoms with van der Waals surface area (Å²) in [4.78, 5) is 0. The summed E-state index contributed by atoms with van der Waals surface area (Å²) >= 11 is 0. The molecule has 26 heavy (non-hydrogen) atoms. The van der Waals surface area contributed by atoms with Crippen molar-refractivity contribution in [3.8, 4) is 0 Å². The van der Waals surface area contributed by atoms with Crippen molar-refractivity contribution in [1.82, 2.24) is 0 Å². The highest BCUT2D eigenvalue weighted by Gasteiger charge is 2.10. The fraction of sp³-hybridized carbons (Fsp3) is 0.417. The fourth-order valence-electron chi connectivity index (χ4n) is 3.13. The second-order valence-corrected chi connectivity index (χ2v) is 6.93. The summed E-state index contributed by atoms with van der Waals surface area (Å²) in [5.74, 6) is -0.790. The van der Waals surface area contributed by atoms with E-state index in [9.17, 15) is 8.78 Å². The van der Waals surface area contributed by atoms with Crippen LogP contribution in [-0.4, -0.2) is 0 Å². The molecular formula is C24H30F2. The summed E-state index contributed by atoms with van der Waals surface area (Å²) in [5.41, 5.74) is 3.54. The fourth-order valence-corrected chi connectivity index (χ4v) is 3.13. The van der Waals surface area contributed by atoms with Gasteiger partial charge in [-0.2, -0.15) is 0 Å². The maximum absolute atomic E-state index is 14.0. The minimum atomic E-state index is -0.395. The van der Waals surface area contributed by atoms with Crippen LogP contribution in [0.5, 0.6) is 0 Å². The molecule has 0 bridgehead atoms. The molecule has 0 spiro atoms. The molecule has 2 aromatic carbocycles. The van der Waals surface area contributed by atoms with Gasteiger partial charge in [0.25, 0.3) is 0 Å². The molecule has 0 saturated carbocycles. The quantitative estimate of drug-likeness (QED) is 0.392. The van der Waals surface area contributed by atoms with Crippen molar-refractivity contribution in [2.24, 2.45) is 0 Å². The monoisotopic (exact) mass is 356 g/mol. The number of allylic oxidation sites excluding steroid dienone is 1. The van der Waals surface area contributed by atoms with Crippen LogP contribution in [0.3, 0.4) is 0 Å². The second-order valence-electron chi connectivity index (χ2n) is 6.93. The molecule has 0 amide bonds. The van der Waals surface area contributed by atoms with Crippen LogP contribution in [0.2, 0.25) is 0 Å². The van der Waals surface area contributed by atoms with Crippen LogP contribution >= 0.6 is 0 Å². The van der Waals surface area contributed by atoms with Crippen LogP contribution < -0.4 is 0 Å². The second kappa shape index (κ2) is 10.9. The smallest absolute Gasteiger partial charge is 0.129 e. The summed E-state index contributed by atoms with van der Waals surface area (Å²) in [6.45, 7) is 4.11. The first-order valence-electron chi connectivity index (χ1n) is 9.86. The van der Waals surface area contributed by atoms with Gasteiger partial charge in [0.1, 0.15) is 11.6 Å². The normalized spacial score (nSPS) is 11.4. The summed E-state index contributed by atoms with van der Waals surface area (Å²) in [5, 5.41) is 0. The van der Waals surface area contributed by atoms with Gasteiger partial charge in [0.05, 0.1) is 0 Å². The van der Waals surface area contributed by atoms with Gasteiger partial charge in [0.2, 0.25) is 0 Å². The molecule has 2 rings (SSSR count). The Kier molecular flexibility index (Phi) is 8.53. The van der Waals surface area contributed by atoms with Crippen molar-refractivity contribution in [3.05, 3.63) is 76.4 Å². The maximum atomic E-state index is 14.0. The predicted octanol–water partition coefficient (Wildman–Crippen LogP) is 7.30. The Balaban J connectivity index is 1.80. The molecule has 0 fully saturated rings. The number of benzene rings is 2. The lowest BCUT2D eigenvalue weighted by Crippen LogP contribution is -1.99. The zero-order valence-corrected chi connectivity index (χ0v) is 16.0. The molecule has 0 nitrogen and oxygen atoms in total. The van der Waals surface area contributed by atoms with Crippen LogP contribution in [0, 0.1) is 11.6 Å². The Morgan fingerprint density at radius 2 is 1.38 bits per heavy atom. The van der Waals surface area contributed by atoms with E-state index in [1.807, 2.05) is 6.92 Å². The largest absolute Gasteiger partial charge is 0.207 e. The molecule has 0 unspecified atom stereocenters. The molecule has 2 heteroatoms. The SMILES string of the molecule is CCC/C=C/c1ccc(CCCCc2cc(F)c(CCC)c(F)c2)cc1. The van der Waals surface area contributed by atoms with Gasteiger partial charge in [-0.15, -0.1) is 0 Å². The summed E-state index contributed by atoms with van der Waals surface area (Å²) in [7, 11) is 0. The number of halogens is 2. The lowest BCUT2D eigenvalue weighted by molar-refractivity contribution is 0.548. The van der Waals surface area contributed by atoms with E-state index in [1.165, 1.54) is 29.7 Å². The molecule has 0 heterocycles. The molecule has 0 aliphatic rings. The summed E-state index contributed by atoms with van der Waals surface area (Å²) in [6, 6.07) is 11.7. The Hall–Kier alpha value is -1.96. The van der Waals surface area contributed by atoms with Crippen LogP contribution in [0.25, 0.3) is 6.08 Å². The third-order valence-corrected chi connectivity index (χ3v) is 4.63. The van der Waals surface area contributed by atoms with Crippen molar-refractivity contribution in [2.45, 2.75) is 65.2 Å². The van der Waals surface area contributed by atoms with Crippen LogP contribution in [0.4, 0.5) is 8.78 Å². The molecule has 0 N–H and O–H groups in total. The third-order valence-electron chi connectivity index (χ3n) is 4.63. The average molecular weight is 356 g/mol. The number of rotatable bonds is 10. The van der Waals surface area contributed by atoms with Gasteiger partial charge in [-0.1, -0.05) is 63.1 Å². The van der Waals surface area contributed by atoms with Gasteiger partial charge in [0.15, 0.2) is 0 Å². The van der Waals surface area contributed by atoms with Gasteiger partial charge in [-0.05, 0) is 67.3 Å². The van der Waals surface area contributed by atoms with E-state index >= 15 is 0 Å². The summed E-state index contributed by atoms with van der Waals surface area (Å²) in [6.07, 6.45) is 11.5. The minimum Gasteiger partial charge on any atom is -0.207 e. The van der Waals surface area contributed by atoms with Crippen molar-refractivity contribution < 1.29 is 8.78 Å². The number of unbranched alkanes of at least 4 members (excludes halogenated alkanes) is 2. The van der Waals surface area contributed by atoms with Gasteiger partial charge in [0, 0.05) is 5.56 Å². The third kappa shape index (κ3) is 6.40. The first-order valence-corrected chi connectivity index (χ1v) is 9.86. The van der Waals surface area contributed by atoms with Gasteiger partial charge < -0.3 is 0 Å². The summed E-state index contributed by atoms with van der Waals surface area (Å²) < 4.78 is 28.0. The highest BCUT2D eigenvalue weighted by Crippen LogP contribution is 2.19. The molecule has 0 atom stereocenters. The lowest BCUT2D eigenvalue weighted by Gasteiger charge is -2.08. The zero-order chi connectivity index (χ0) is 18.8. The minimum absolute atomic E-state index is 0.226. The highest BCUT2D eigenvalue weighted by molar-refractivity contribution is 5.49. The standard InChI is InChI=1S/C24H30F2/c1-3-5-6-10-19-13-15-20(16-14-19)11-7-8-12-21-17-23(25)22(9-4-2)24(26)18-21/h6,10,13-18H,3-5,7-9,11-12H2,1-2H3/b10-6+. The number of hydrogen-bond acceptors (Lipinski definition) is 0. The van der Waals surface area contributed by atoms with E-state index < -0.39 is 11.6 Å². The van der Waals surface area contributed by atoms with Crippen LogP contribution in [0.15, 0.2) is 42.5 Å². The molecule has 2 aromatic rings. The predicted molar refractivity (Wildman–Crippen MR) is 107 cm³/mol. The molecule has 0 aliphatic carbocycles. The highest BCUT2D eigenvalue weighted by atomic mass is 19.1.